The van der Waals surface area contributed by atoms with Crippen LogP contribution in [-0.4, -0.2) is 4.98 Å². The molecule has 2 aromatic heterocycles. The van der Waals surface area contributed by atoms with E-state index in [9.17, 15) is 4.79 Å². The van der Waals surface area contributed by atoms with Crippen molar-refractivity contribution < 1.29 is 4.42 Å². The largest absolute Gasteiger partial charge is 0.422 e. The summed E-state index contributed by atoms with van der Waals surface area (Å²) < 4.78 is 5.73. The first-order valence-electron chi connectivity index (χ1n) is 9.66. The maximum atomic E-state index is 13.2. The van der Waals surface area contributed by atoms with Gasteiger partial charge in [0.25, 0.3) is 0 Å². The van der Waals surface area contributed by atoms with Gasteiger partial charge in [-0.05, 0) is 53.6 Å². The van der Waals surface area contributed by atoms with E-state index in [4.69, 9.17) is 16.0 Å². The summed E-state index contributed by atoms with van der Waals surface area (Å²) in [5.74, 6) is -0.303. The molecule has 5 heteroatoms. The molecule has 0 saturated carbocycles. The molecule has 0 fully saturated rings. The average molecular weight is 411 g/mol. The lowest BCUT2D eigenvalue weighted by Crippen LogP contribution is -2.22. The Labute approximate surface area is 176 Å². The average Bonchev–Trinajstić information content (AvgIpc) is 2.78. The molecule has 0 spiro atoms. The zero-order valence-electron chi connectivity index (χ0n) is 15.7. The Hall–Kier alpha value is -3.63. The van der Waals surface area contributed by atoms with Crippen molar-refractivity contribution in [3.63, 3.8) is 0 Å². The van der Waals surface area contributed by atoms with E-state index < -0.39 is 0 Å². The van der Waals surface area contributed by atoms with Crippen LogP contribution in [0.25, 0.3) is 21.9 Å². The number of para-hydroxylation sites is 1. The first kappa shape index (κ1) is 17.2. The maximum Gasteiger partial charge on any atom is 0.342 e. The Morgan fingerprint density at radius 1 is 0.867 bits per heavy atom. The summed E-state index contributed by atoms with van der Waals surface area (Å²) in [7, 11) is 0. The minimum Gasteiger partial charge on any atom is -0.422 e. The van der Waals surface area contributed by atoms with Gasteiger partial charge in [0.15, 0.2) is 0 Å². The van der Waals surface area contributed by atoms with Crippen LogP contribution >= 0.6 is 11.6 Å². The van der Waals surface area contributed by atoms with Crippen molar-refractivity contribution in [3.8, 4) is 0 Å². The van der Waals surface area contributed by atoms with Gasteiger partial charge in [0.05, 0.1) is 16.8 Å². The van der Waals surface area contributed by atoms with Gasteiger partial charge in [0.1, 0.15) is 5.58 Å². The summed E-state index contributed by atoms with van der Waals surface area (Å²) >= 11 is 6.15. The Morgan fingerprint density at radius 2 is 1.67 bits per heavy atom. The zero-order chi connectivity index (χ0) is 20.2. The molecule has 1 atom stereocenters. The topological polar surface area (TPSA) is 55.1 Å². The predicted molar refractivity (Wildman–Crippen MR) is 120 cm³/mol. The Morgan fingerprint density at radius 3 is 2.53 bits per heavy atom. The van der Waals surface area contributed by atoms with Crippen LogP contribution in [0.1, 0.15) is 22.6 Å². The van der Waals surface area contributed by atoms with Gasteiger partial charge >= 0.3 is 5.63 Å². The molecule has 0 radical (unpaired) electrons. The standard InChI is InChI=1S/C25H15ClN2O2/c26-15-9-7-14(8-10-15)21-22-16-5-3-13-27-18(16)11-12-19(22)28-24-17-4-1-2-6-20(17)30-25(29)23(21)24/h1-13,21,28H. The Kier molecular flexibility index (Phi) is 3.70. The summed E-state index contributed by atoms with van der Waals surface area (Å²) in [6.45, 7) is 0. The van der Waals surface area contributed by atoms with Gasteiger partial charge in [0, 0.05) is 33.6 Å². The summed E-state index contributed by atoms with van der Waals surface area (Å²) in [6.07, 6.45) is 1.78. The molecule has 6 rings (SSSR count). The van der Waals surface area contributed by atoms with Crippen LogP contribution in [0.4, 0.5) is 11.4 Å². The van der Waals surface area contributed by atoms with Gasteiger partial charge in [-0.1, -0.05) is 41.9 Å². The lowest BCUT2D eigenvalue weighted by molar-refractivity contribution is 0.549. The molecule has 1 unspecified atom stereocenters. The summed E-state index contributed by atoms with van der Waals surface area (Å²) in [6, 6.07) is 23.2. The van der Waals surface area contributed by atoms with E-state index in [1.807, 2.05) is 72.8 Å². The first-order chi connectivity index (χ1) is 14.7. The second-order valence-electron chi connectivity index (χ2n) is 7.38. The third-order valence-corrected chi connectivity index (χ3v) is 5.97. The fourth-order valence-corrected chi connectivity index (χ4v) is 4.55. The van der Waals surface area contributed by atoms with Crippen LogP contribution in [0.15, 0.2) is 88.2 Å². The van der Waals surface area contributed by atoms with Crippen LogP contribution in [0.5, 0.6) is 0 Å². The highest BCUT2D eigenvalue weighted by atomic mass is 35.5. The summed E-state index contributed by atoms with van der Waals surface area (Å²) in [5, 5.41) is 6.04. The second kappa shape index (κ2) is 6.44. The number of nitrogens with zero attached hydrogens (tertiary/aromatic N) is 1. The normalized spacial score (nSPS) is 14.9. The summed E-state index contributed by atoms with van der Waals surface area (Å²) in [4.78, 5) is 17.7. The number of benzene rings is 3. The van der Waals surface area contributed by atoms with Crippen LogP contribution in [0.3, 0.4) is 0 Å². The monoisotopic (exact) mass is 410 g/mol. The van der Waals surface area contributed by atoms with Crippen LogP contribution < -0.4 is 10.9 Å². The molecular formula is C25H15ClN2O2. The molecule has 1 aliphatic heterocycles. The van der Waals surface area contributed by atoms with Gasteiger partial charge in [-0.3, -0.25) is 4.98 Å². The Balaban J connectivity index is 1.76. The van der Waals surface area contributed by atoms with E-state index in [-0.39, 0.29) is 11.5 Å². The van der Waals surface area contributed by atoms with Crippen molar-refractivity contribution >= 4 is 44.8 Å². The minimum atomic E-state index is -0.345. The van der Waals surface area contributed by atoms with Gasteiger partial charge in [-0.15, -0.1) is 0 Å². The van der Waals surface area contributed by atoms with Gasteiger partial charge < -0.3 is 9.73 Å². The van der Waals surface area contributed by atoms with Crippen molar-refractivity contribution in [3.05, 3.63) is 111 Å². The fraction of sp³-hybridized carbons (Fsp3) is 0.0400. The number of halogens is 1. The molecule has 1 aliphatic rings. The highest BCUT2D eigenvalue weighted by molar-refractivity contribution is 6.30. The Bertz CT molecular complexity index is 1510. The van der Waals surface area contributed by atoms with E-state index in [0.717, 1.165) is 38.8 Å². The number of fused-ring (bicyclic) bond motifs is 6. The molecular weight excluding hydrogens is 396 g/mol. The van der Waals surface area contributed by atoms with Crippen molar-refractivity contribution in [1.29, 1.82) is 0 Å². The second-order valence-corrected chi connectivity index (χ2v) is 7.82. The fourth-order valence-electron chi connectivity index (χ4n) is 4.42. The van der Waals surface area contributed by atoms with Crippen molar-refractivity contribution in [2.24, 2.45) is 0 Å². The molecule has 0 bridgehead atoms. The third kappa shape index (κ3) is 2.47. The quantitative estimate of drug-likeness (QED) is 0.326. The lowest BCUT2D eigenvalue weighted by atomic mass is 9.79. The van der Waals surface area contributed by atoms with E-state index >= 15 is 0 Å². The molecule has 0 amide bonds. The highest BCUT2D eigenvalue weighted by Crippen LogP contribution is 2.48. The van der Waals surface area contributed by atoms with E-state index in [2.05, 4.69) is 10.3 Å². The van der Waals surface area contributed by atoms with Crippen LogP contribution in [0, 0.1) is 0 Å². The van der Waals surface area contributed by atoms with Gasteiger partial charge in [-0.25, -0.2) is 4.79 Å². The predicted octanol–water partition coefficient (Wildman–Crippen LogP) is 6.23. The molecule has 3 heterocycles. The molecule has 5 aromatic rings. The van der Waals surface area contributed by atoms with Gasteiger partial charge in [-0.2, -0.15) is 0 Å². The molecule has 0 saturated heterocycles. The molecule has 4 nitrogen and oxygen atoms in total. The number of hydrogen-bond acceptors (Lipinski definition) is 4. The van der Waals surface area contributed by atoms with E-state index in [1.165, 1.54) is 0 Å². The number of hydrogen-bond donors (Lipinski definition) is 1. The molecule has 0 aliphatic carbocycles. The lowest BCUT2D eigenvalue weighted by Gasteiger charge is -2.30. The summed E-state index contributed by atoms with van der Waals surface area (Å²) in [5.41, 5.74) is 5.43. The van der Waals surface area contributed by atoms with E-state index in [0.29, 0.717) is 16.2 Å². The van der Waals surface area contributed by atoms with Gasteiger partial charge in [0.2, 0.25) is 0 Å². The van der Waals surface area contributed by atoms with Crippen LogP contribution in [0.2, 0.25) is 5.02 Å². The number of pyridine rings is 1. The smallest absolute Gasteiger partial charge is 0.342 e. The highest BCUT2D eigenvalue weighted by Gasteiger charge is 2.33. The van der Waals surface area contributed by atoms with Crippen molar-refractivity contribution in [1.82, 2.24) is 4.98 Å². The number of aromatic nitrogens is 1. The molecule has 1 N–H and O–H groups in total. The number of anilines is 2. The SMILES string of the molecule is O=c1oc2ccccc2c2c1C(c1ccc(Cl)cc1)c1c(ccc3ncccc13)N2. The third-order valence-electron chi connectivity index (χ3n) is 5.72. The van der Waals surface area contributed by atoms with Crippen molar-refractivity contribution in [2.75, 3.05) is 5.32 Å². The zero-order valence-corrected chi connectivity index (χ0v) is 16.5. The maximum absolute atomic E-state index is 13.2. The molecule has 3 aromatic carbocycles. The number of nitrogens with one attached hydrogen (secondary N) is 1. The van der Waals surface area contributed by atoms with E-state index in [1.54, 1.807) is 6.20 Å². The minimum absolute atomic E-state index is 0.303. The number of rotatable bonds is 1. The first-order valence-corrected chi connectivity index (χ1v) is 10.0. The molecule has 30 heavy (non-hydrogen) atoms. The van der Waals surface area contributed by atoms with Crippen LogP contribution in [-0.2, 0) is 0 Å². The van der Waals surface area contributed by atoms with Crippen molar-refractivity contribution in [2.45, 2.75) is 5.92 Å². The molecule has 144 valence electrons.